The quantitative estimate of drug-likeness (QED) is 0.861. The Bertz CT molecular complexity index is 683. The molecule has 1 atom stereocenters. The van der Waals surface area contributed by atoms with Gasteiger partial charge in [-0.05, 0) is 18.5 Å². The number of rotatable bonds is 6. The van der Waals surface area contributed by atoms with Crippen LogP contribution in [0, 0.1) is 0 Å². The summed E-state index contributed by atoms with van der Waals surface area (Å²) in [5.74, 6) is -0.0502. The Morgan fingerprint density at radius 3 is 2.83 bits per heavy atom. The smallest absolute Gasteiger partial charge is 0.233 e. The van der Waals surface area contributed by atoms with Crippen LogP contribution in [0.4, 0.5) is 5.13 Å². The fourth-order valence-corrected chi connectivity index (χ4v) is 4.24. The maximum atomic E-state index is 12.8. The van der Waals surface area contributed by atoms with Crippen molar-refractivity contribution in [3.05, 3.63) is 46.5 Å². The highest BCUT2D eigenvalue weighted by molar-refractivity contribution is 7.15. The highest BCUT2D eigenvalue weighted by Crippen LogP contribution is 2.30. The maximum absolute atomic E-state index is 12.8. The van der Waals surface area contributed by atoms with Crippen molar-refractivity contribution in [1.82, 2.24) is 9.88 Å². The molecule has 24 heavy (non-hydrogen) atoms. The average Bonchev–Trinajstić information content (AvgIpc) is 3.01. The number of benzene rings is 1. The van der Waals surface area contributed by atoms with Gasteiger partial charge in [-0.3, -0.25) is 9.69 Å². The first kappa shape index (κ1) is 17.1. The Hall–Kier alpha value is -1.72. The molecule has 1 aliphatic rings. The van der Waals surface area contributed by atoms with Crippen LogP contribution in [-0.4, -0.2) is 28.9 Å². The fourth-order valence-electron chi connectivity index (χ4n) is 3.19. The van der Waals surface area contributed by atoms with Crippen LogP contribution in [-0.2, 0) is 17.8 Å². The molecule has 0 aliphatic carbocycles. The van der Waals surface area contributed by atoms with Gasteiger partial charge in [0.2, 0.25) is 5.91 Å². The third kappa shape index (κ3) is 3.84. The Balaban J connectivity index is 1.73. The van der Waals surface area contributed by atoms with Gasteiger partial charge in [-0.2, -0.15) is 0 Å². The zero-order valence-corrected chi connectivity index (χ0v) is 15.2. The summed E-state index contributed by atoms with van der Waals surface area (Å²) < 4.78 is 0. The average molecular weight is 343 g/mol. The predicted molar refractivity (Wildman–Crippen MR) is 99.5 cm³/mol. The van der Waals surface area contributed by atoms with Crippen LogP contribution >= 0.6 is 11.3 Å². The van der Waals surface area contributed by atoms with Gasteiger partial charge in [0.25, 0.3) is 0 Å². The molecule has 4 nitrogen and oxygen atoms in total. The molecule has 128 valence electrons. The van der Waals surface area contributed by atoms with Gasteiger partial charge in [-0.1, -0.05) is 50.6 Å². The van der Waals surface area contributed by atoms with E-state index in [4.69, 9.17) is 0 Å². The largest absolute Gasteiger partial charge is 0.301 e. The predicted octanol–water partition coefficient (Wildman–Crippen LogP) is 4.04. The molecule has 5 heteroatoms. The number of thiazole rings is 1. The fraction of sp³-hybridized carbons (Fsp3) is 0.474. The first-order valence-electron chi connectivity index (χ1n) is 8.78. The van der Waals surface area contributed by atoms with Crippen molar-refractivity contribution in [3.8, 4) is 0 Å². The molecule has 0 fully saturated rings. The summed E-state index contributed by atoms with van der Waals surface area (Å²) in [7, 11) is 0. The molecule has 0 radical (unpaired) electrons. The van der Waals surface area contributed by atoms with Crippen molar-refractivity contribution in [1.29, 1.82) is 0 Å². The normalized spacial score (nSPS) is 15.8. The van der Waals surface area contributed by atoms with Gasteiger partial charge in [0.1, 0.15) is 0 Å². The monoisotopic (exact) mass is 343 g/mol. The second-order valence-corrected chi connectivity index (χ2v) is 7.33. The molecule has 1 unspecified atom stereocenters. The molecule has 0 saturated heterocycles. The highest BCUT2D eigenvalue weighted by atomic mass is 32.1. The number of anilines is 1. The van der Waals surface area contributed by atoms with Crippen LogP contribution in [0.5, 0.6) is 0 Å². The molecule has 2 heterocycles. The molecule has 1 aromatic carbocycles. The number of nitrogens with one attached hydrogen (secondary N) is 1. The first-order chi connectivity index (χ1) is 11.7. The highest BCUT2D eigenvalue weighted by Gasteiger charge is 2.23. The standard InChI is InChI=1S/C19H25N3OS/c1-3-8-15(14-9-6-5-7-10-14)18(23)21-19-20-16-11-12-22(4-2)13-17(16)24-19/h5-7,9-10,15H,3-4,8,11-13H2,1-2H3,(H,20,21,23). The molecular formula is C19H25N3OS. The molecule has 3 rings (SSSR count). The van der Waals surface area contributed by atoms with Crippen LogP contribution in [0.15, 0.2) is 30.3 Å². The van der Waals surface area contributed by atoms with Crippen LogP contribution < -0.4 is 5.32 Å². The van der Waals surface area contributed by atoms with E-state index in [0.717, 1.165) is 55.3 Å². The van der Waals surface area contributed by atoms with Gasteiger partial charge in [-0.15, -0.1) is 11.3 Å². The Labute approximate surface area is 147 Å². The SMILES string of the molecule is CCCC(C(=O)Nc1nc2c(s1)CN(CC)CC2)c1ccccc1. The number of nitrogens with zero attached hydrogens (tertiary/aromatic N) is 2. The number of hydrogen-bond donors (Lipinski definition) is 1. The van der Waals surface area contributed by atoms with Crippen molar-refractivity contribution >= 4 is 22.4 Å². The summed E-state index contributed by atoms with van der Waals surface area (Å²) in [4.78, 5) is 21.1. The van der Waals surface area contributed by atoms with Gasteiger partial charge < -0.3 is 5.32 Å². The number of fused-ring (bicyclic) bond motifs is 1. The number of carbonyl (C=O) groups is 1. The van der Waals surface area contributed by atoms with Crippen LogP contribution in [0.3, 0.4) is 0 Å². The molecule has 1 aliphatic heterocycles. The number of likely N-dealkylation sites (N-methyl/N-ethyl adjacent to an activating group) is 1. The number of aromatic nitrogens is 1. The minimum atomic E-state index is -0.107. The second-order valence-electron chi connectivity index (χ2n) is 6.25. The first-order valence-corrected chi connectivity index (χ1v) is 9.59. The summed E-state index contributed by atoms with van der Waals surface area (Å²) in [6.07, 6.45) is 2.81. The van der Waals surface area contributed by atoms with Gasteiger partial charge in [0, 0.05) is 24.4 Å². The minimum Gasteiger partial charge on any atom is -0.301 e. The number of hydrogen-bond acceptors (Lipinski definition) is 4. The molecule has 2 aromatic rings. The van der Waals surface area contributed by atoms with Crippen molar-refractivity contribution < 1.29 is 4.79 Å². The number of amides is 1. The zero-order chi connectivity index (χ0) is 16.9. The molecule has 0 spiro atoms. The summed E-state index contributed by atoms with van der Waals surface area (Å²) in [6, 6.07) is 10.0. The van der Waals surface area contributed by atoms with Crippen LogP contribution in [0.1, 0.15) is 48.7 Å². The second kappa shape index (κ2) is 7.90. The van der Waals surface area contributed by atoms with E-state index >= 15 is 0 Å². The van der Waals surface area contributed by atoms with Gasteiger partial charge in [0.15, 0.2) is 5.13 Å². The molecule has 1 amide bonds. The lowest BCUT2D eigenvalue weighted by Crippen LogP contribution is -2.29. The van der Waals surface area contributed by atoms with E-state index in [2.05, 4.69) is 29.0 Å². The Morgan fingerprint density at radius 2 is 2.12 bits per heavy atom. The van der Waals surface area contributed by atoms with Crippen molar-refractivity contribution in [2.24, 2.45) is 0 Å². The van der Waals surface area contributed by atoms with Gasteiger partial charge in [0.05, 0.1) is 11.6 Å². The lowest BCUT2D eigenvalue weighted by Gasteiger charge is -2.23. The summed E-state index contributed by atoms with van der Waals surface area (Å²) >= 11 is 1.63. The van der Waals surface area contributed by atoms with E-state index in [1.54, 1.807) is 11.3 Å². The lowest BCUT2D eigenvalue weighted by molar-refractivity contribution is -0.117. The Morgan fingerprint density at radius 1 is 1.33 bits per heavy atom. The van der Waals surface area contributed by atoms with Crippen LogP contribution in [0.25, 0.3) is 0 Å². The third-order valence-corrected chi connectivity index (χ3v) is 5.58. The van der Waals surface area contributed by atoms with E-state index in [1.807, 2.05) is 30.3 Å². The molecule has 1 N–H and O–H groups in total. The lowest BCUT2D eigenvalue weighted by atomic mass is 9.94. The van der Waals surface area contributed by atoms with Crippen LogP contribution in [0.2, 0.25) is 0 Å². The third-order valence-electron chi connectivity index (χ3n) is 4.58. The summed E-state index contributed by atoms with van der Waals surface area (Å²) in [6.45, 7) is 7.37. The van der Waals surface area contributed by atoms with E-state index in [0.29, 0.717) is 0 Å². The van der Waals surface area contributed by atoms with Gasteiger partial charge in [-0.25, -0.2) is 4.98 Å². The van der Waals surface area contributed by atoms with Crippen molar-refractivity contribution in [2.45, 2.75) is 45.6 Å². The zero-order valence-electron chi connectivity index (χ0n) is 14.4. The molecule has 1 aromatic heterocycles. The van der Waals surface area contributed by atoms with E-state index < -0.39 is 0 Å². The molecule has 0 bridgehead atoms. The number of carbonyl (C=O) groups excluding carboxylic acids is 1. The van der Waals surface area contributed by atoms with Crippen molar-refractivity contribution in [3.63, 3.8) is 0 Å². The molecule has 0 saturated carbocycles. The van der Waals surface area contributed by atoms with E-state index in [1.165, 1.54) is 4.88 Å². The van der Waals surface area contributed by atoms with Crippen molar-refractivity contribution in [2.75, 3.05) is 18.4 Å². The topological polar surface area (TPSA) is 45.2 Å². The maximum Gasteiger partial charge on any atom is 0.233 e. The molecular weight excluding hydrogens is 318 g/mol. The van der Waals surface area contributed by atoms with Gasteiger partial charge >= 0.3 is 0 Å². The minimum absolute atomic E-state index is 0.0569. The van der Waals surface area contributed by atoms with E-state index in [-0.39, 0.29) is 11.8 Å². The Kier molecular flexibility index (Phi) is 5.63. The van der Waals surface area contributed by atoms with E-state index in [9.17, 15) is 4.79 Å². The summed E-state index contributed by atoms with van der Waals surface area (Å²) in [5, 5.41) is 3.82. The summed E-state index contributed by atoms with van der Waals surface area (Å²) in [5.41, 5.74) is 2.24.